The molecule has 1 fully saturated rings. The van der Waals surface area contributed by atoms with Crippen LogP contribution in [0.1, 0.15) is 49.4 Å². The summed E-state index contributed by atoms with van der Waals surface area (Å²) in [5, 5.41) is 0.522. The Morgan fingerprint density at radius 2 is 1.98 bits per heavy atom. The molecule has 1 aromatic carbocycles. The van der Waals surface area contributed by atoms with E-state index in [0.29, 0.717) is 28.5 Å². The van der Waals surface area contributed by atoms with Crippen LogP contribution in [-0.2, 0) is 22.6 Å². The van der Waals surface area contributed by atoms with Crippen LogP contribution in [0.5, 0.6) is 0 Å². The fourth-order valence-electron chi connectivity index (χ4n) is 5.48. The lowest BCUT2D eigenvalue weighted by Gasteiger charge is -2.32. The molecule has 1 saturated heterocycles. The number of nitrogens with zero attached hydrogens (tertiary/aromatic N) is 4. The molecule has 3 aromatic rings. The summed E-state index contributed by atoms with van der Waals surface area (Å²) in [6.07, 6.45) is 1.45. The number of allylic oxidation sites excluding steroid dienone is 4. The number of aromatic nitrogens is 4. The van der Waals surface area contributed by atoms with Crippen molar-refractivity contribution in [1.29, 1.82) is 0 Å². The third-order valence-electron chi connectivity index (χ3n) is 7.62. The van der Waals surface area contributed by atoms with E-state index < -0.39 is 18.1 Å². The van der Waals surface area contributed by atoms with Crippen molar-refractivity contribution in [1.82, 2.24) is 24.0 Å². The molecule has 2 aliphatic rings. The predicted molar refractivity (Wildman–Crippen MR) is 146 cm³/mol. The van der Waals surface area contributed by atoms with E-state index in [9.17, 15) is 22.8 Å². The number of rotatable bonds is 7. The maximum absolute atomic E-state index is 13.5. The van der Waals surface area contributed by atoms with Gasteiger partial charge >= 0.3 is 17.8 Å². The van der Waals surface area contributed by atoms with E-state index in [0.717, 1.165) is 42.8 Å². The first-order chi connectivity index (χ1) is 19.0. The highest BCUT2D eigenvalue weighted by molar-refractivity contribution is 6.31. The molecular weight excluding hydrogens is 547 g/mol. The number of carbonyl (C=O) groups excluding carboxylic acids is 1. The molecule has 2 aromatic heterocycles. The van der Waals surface area contributed by atoms with Gasteiger partial charge in [-0.3, -0.25) is 18.8 Å². The number of hydrogen-bond acceptors (Lipinski definition) is 5. The van der Waals surface area contributed by atoms with Gasteiger partial charge in [-0.25, -0.2) is 9.78 Å². The fraction of sp³-hybridized carbons (Fsp3) is 0.464. The van der Waals surface area contributed by atoms with Gasteiger partial charge in [0.05, 0.1) is 29.2 Å². The summed E-state index contributed by atoms with van der Waals surface area (Å²) in [6.45, 7) is 5.69. The lowest BCUT2D eigenvalue weighted by molar-refractivity contribution is -0.160. The van der Waals surface area contributed by atoms with E-state index in [2.05, 4.69) is 9.88 Å². The van der Waals surface area contributed by atoms with Gasteiger partial charge in [-0.15, -0.1) is 0 Å². The quantitative estimate of drug-likeness (QED) is 0.380. The lowest BCUT2D eigenvalue weighted by atomic mass is 9.96. The highest BCUT2D eigenvalue weighted by atomic mass is 35.5. The second-order valence-electron chi connectivity index (χ2n) is 10.3. The third-order valence-corrected chi connectivity index (χ3v) is 7.85. The average Bonchev–Trinajstić information content (AvgIpc) is 3.40. The van der Waals surface area contributed by atoms with E-state index in [1.165, 1.54) is 19.1 Å². The number of hydrogen-bond donors (Lipinski definition) is 1. The minimum absolute atomic E-state index is 0.00245. The Morgan fingerprint density at radius 1 is 1.23 bits per heavy atom. The summed E-state index contributed by atoms with van der Waals surface area (Å²) in [4.78, 5) is 34.9. The van der Waals surface area contributed by atoms with Crippen molar-refractivity contribution in [3.05, 3.63) is 69.1 Å². The highest BCUT2D eigenvalue weighted by Gasteiger charge is 2.38. The van der Waals surface area contributed by atoms with Crippen molar-refractivity contribution in [2.45, 2.75) is 58.4 Å². The number of ether oxygens (including phenoxy) is 1. The Hall–Kier alpha value is -3.31. The van der Waals surface area contributed by atoms with Crippen LogP contribution in [0.2, 0.25) is 5.02 Å². The zero-order valence-electron chi connectivity index (χ0n) is 22.3. The maximum Gasteiger partial charge on any atom is 0.395 e. The summed E-state index contributed by atoms with van der Waals surface area (Å²) in [6, 6.07) is 5.38. The normalized spacial score (nSPS) is 18.9. The number of aromatic amines is 1. The van der Waals surface area contributed by atoms with E-state index in [4.69, 9.17) is 21.3 Å². The molecule has 12 heteroatoms. The number of esters is 1. The number of aryl methyl sites for hydroxylation is 1. The van der Waals surface area contributed by atoms with Crippen molar-refractivity contribution in [3.63, 3.8) is 0 Å². The van der Waals surface area contributed by atoms with Crippen molar-refractivity contribution in [2.75, 3.05) is 19.7 Å². The number of nitrogens with one attached hydrogen (secondary N) is 1. The van der Waals surface area contributed by atoms with Crippen LogP contribution in [0.4, 0.5) is 13.2 Å². The number of alkyl halides is 3. The molecule has 1 aliphatic carbocycles. The van der Waals surface area contributed by atoms with Gasteiger partial charge in [-0.05, 0) is 44.4 Å². The van der Waals surface area contributed by atoms with Crippen molar-refractivity contribution >= 4 is 34.2 Å². The monoisotopic (exact) mass is 577 g/mol. The molecule has 40 heavy (non-hydrogen) atoms. The summed E-state index contributed by atoms with van der Waals surface area (Å²) in [7, 11) is 0. The van der Waals surface area contributed by atoms with E-state index >= 15 is 0 Å². The molecule has 214 valence electrons. The molecule has 1 unspecified atom stereocenters. The summed E-state index contributed by atoms with van der Waals surface area (Å²) in [5.41, 5.74) is 3.75. The lowest BCUT2D eigenvalue weighted by Crippen LogP contribution is -2.37. The molecular formula is C28H31ClF3N5O3. The van der Waals surface area contributed by atoms with Gasteiger partial charge in [-0.1, -0.05) is 29.8 Å². The molecule has 0 spiro atoms. The standard InChI is InChI=1S/C28H31ClF3N5O3/c1-17-23(34-26(33-17)19-3-5-20(6-4-19)28(30,31)32)16-35-11-9-22(10-12-35)37-24-8-7-21(29)15-25(24)36(27(37)39)13-14-40-18(2)38/h3-5,7-8,15,20,22H,6,9-14,16H2,1-2H3,(H,33,34). The van der Waals surface area contributed by atoms with Crippen molar-refractivity contribution in [3.8, 4) is 0 Å². The Bertz CT molecular complexity index is 1530. The van der Waals surface area contributed by atoms with Crippen LogP contribution in [-0.4, -0.2) is 55.8 Å². The Balaban J connectivity index is 1.26. The Kier molecular flexibility index (Phi) is 7.96. The number of imidazole rings is 2. The van der Waals surface area contributed by atoms with Crippen LogP contribution in [0.25, 0.3) is 16.6 Å². The topological polar surface area (TPSA) is 85.2 Å². The first-order valence-corrected chi connectivity index (χ1v) is 13.7. The molecule has 0 saturated carbocycles. The zero-order chi connectivity index (χ0) is 28.6. The number of H-pyrrole nitrogens is 1. The van der Waals surface area contributed by atoms with Crippen molar-refractivity contribution < 1.29 is 22.7 Å². The zero-order valence-corrected chi connectivity index (χ0v) is 23.1. The minimum atomic E-state index is -4.24. The summed E-state index contributed by atoms with van der Waals surface area (Å²) < 4.78 is 47.4. The fourth-order valence-corrected chi connectivity index (χ4v) is 5.64. The number of carbonyl (C=O) groups is 1. The largest absolute Gasteiger partial charge is 0.464 e. The van der Waals surface area contributed by atoms with Gasteiger partial charge in [0.15, 0.2) is 0 Å². The van der Waals surface area contributed by atoms with Crippen LogP contribution in [0.3, 0.4) is 0 Å². The van der Waals surface area contributed by atoms with Gasteiger partial charge in [0.1, 0.15) is 12.4 Å². The summed E-state index contributed by atoms with van der Waals surface area (Å²) in [5.74, 6) is -1.28. The van der Waals surface area contributed by atoms with Crippen molar-refractivity contribution in [2.24, 2.45) is 5.92 Å². The van der Waals surface area contributed by atoms with E-state index in [1.54, 1.807) is 22.8 Å². The van der Waals surface area contributed by atoms with Gasteiger partial charge in [0, 0.05) is 48.9 Å². The van der Waals surface area contributed by atoms with Crippen LogP contribution >= 0.6 is 11.6 Å². The SMILES string of the molecule is CC(=O)OCCn1c(=O)n(C2CCN(Cc3nc(C4=CCC(C(F)(F)F)C=C4)[nH]c3C)CC2)c2ccc(Cl)cc21. The molecule has 8 nitrogen and oxygen atoms in total. The molecule has 5 rings (SSSR count). The molecule has 1 atom stereocenters. The first-order valence-electron chi connectivity index (χ1n) is 13.3. The average molecular weight is 578 g/mol. The van der Waals surface area contributed by atoms with Gasteiger partial charge in [0.2, 0.25) is 0 Å². The summed E-state index contributed by atoms with van der Waals surface area (Å²) >= 11 is 6.23. The highest BCUT2D eigenvalue weighted by Crippen LogP contribution is 2.35. The molecule has 1 N–H and O–H groups in total. The predicted octanol–water partition coefficient (Wildman–Crippen LogP) is 5.41. The first kappa shape index (κ1) is 28.2. The Labute approximate surface area is 234 Å². The van der Waals surface area contributed by atoms with E-state index in [-0.39, 0.29) is 31.3 Å². The molecule has 0 bridgehead atoms. The van der Waals surface area contributed by atoms with Gasteiger partial charge < -0.3 is 9.72 Å². The number of fused-ring (bicyclic) bond motifs is 1. The molecule has 3 heterocycles. The number of halogens is 4. The number of piperidine rings is 1. The van der Waals surface area contributed by atoms with Crippen LogP contribution < -0.4 is 5.69 Å². The molecule has 0 radical (unpaired) electrons. The van der Waals surface area contributed by atoms with Crippen LogP contribution in [0.15, 0.2) is 41.2 Å². The second-order valence-corrected chi connectivity index (χ2v) is 10.8. The van der Waals surface area contributed by atoms with Gasteiger partial charge in [-0.2, -0.15) is 13.2 Å². The number of benzene rings is 1. The van der Waals surface area contributed by atoms with Crippen LogP contribution in [0, 0.1) is 12.8 Å². The minimum Gasteiger partial charge on any atom is -0.464 e. The van der Waals surface area contributed by atoms with E-state index in [1.807, 2.05) is 17.6 Å². The third kappa shape index (κ3) is 5.90. The molecule has 1 aliphatic heterocycles. The number of likely N-dealkylation sites (tertiary alicyclic amines) is 1. The van der Waals surface area contributed by atoms with Gasteiger partial charge in [0.25, 0.3) is 0 Å². The maximum atomic E-state index is 13.5. The molecule has 0 amide bonds. The smallest absolute Gasteiger partial charge is 0.395 e. The Morgan fingerprint density at radius 3 is 2.62 bits per heavy atom. The second kappa shape index (κ2) is 11.3.